The van der Waals surface area contributed by atoms with E-state index in [0.29, 0.717) is 11.8 Å². The van der Waals surface area contributed by atoms with Gasteiger partial charge >= 0.3 is 0 Å². The zero-order valence-electron chi connectivity index (χ0n) is 12.1. The van der Waals surface area contributed by atoms with E-state index in [1.54, 1.807) is 0 Å². The van der Waals surface area contributed by atoms with Crippen LogP contribution in [0.3, 0.4) is 0 Å². The first-order valence-electron chi connectivity index (χ1n) is 7.18. The van der Waals surface area contributed by atoms with E-state index in [1.165, 1.54) is 5.56 Å². The molecule has 1 amide bonds. The number of carbonyl (C=O) groups excluding carboxylic acids is 1. The van der Waals surface area contributed by atoms with E-state index in [4.69, 9.17) is 0 Å². The maximum absolute atomic E-state index is 12.3. The van der Waals surface area contributed by atoms with Gasteiger partial charge in [-0.2, -0.15) is 0 Å². The van der Waals surface area contributed by atoms with Gasteiger partial charge in [0, 0.05) is 12.2 Å². The van der Waals surface area contributed by atoms with Crippen LogP contribution < -0.4 is 10.6 Å². The fraction of sp³-hybridized carbons (Fsp3) is 0.562. The number of nitrogens with one attached hydrogen (secondary N) is 2. The van der Waals surface area contributed by atoms with Crippen molar-refractivity contribution in [2.75, 3.05) is 18.4 Å². The Hall–Kier alpha value is -1.35. The molecule has 1 aliphatic heterocycles. The predicted octanol–water partition coefficient (Wildman–Crippen LogP) is 2.99. The maximum atomic E-state index is 12.3. The summed E-state index contributed by atoms with van der Waals surface area (Å²) >= 11 is 0. The smallest absolute Gasteiger partial charge is 0.228 e. The van der Waals surface area contributed by atoms with Crippen molar-refractivity contribution < 1.29 is 4.79 Å². The second-order valence-electron chi connectivity index (χ2n) is 5.93. The summed E-state index contributed by atoms with van der Waals surface area (Å²) in [7, 11) is 0. The molecule has 1 heterocycles. The molecule has 1 aromatic rings. The topological polar surface area (TPSA) is 41.1 Å². The fourth-order valence-corrected chi connectivity index (χ4v) is 2.71. The maximum Gasteiger partial charge on any atom is 0.228 e. The minimum atomic E-state index is 0.0870. The second kappa shape index (κ2) is 6.20. The van der Waals surface area contributed by atoms with E-state index in [2.05, 4.69) is 37.5 Å². The molecule has 1 saturated heterocycles. The Balaban J connectivity index is 2.06. The van der Waals surface area contributed by atoms with Crippen LogP contribution in [0.25, 0.3) is 0 Å². The monoisotopic (exact) mass is 260 g/mol. The molecule has 1 aliphatic rings. The Bertz CT molecular complexity index is 442. The van der Waals surface area contributed by atoms with Gasteiger partial charge in [-0.15, -0.1) is 0 Å². The van der Waals surface area contributed by atoms with Gasteiger partial charge in [-0.05, 0) is 36.4 Å². The van der Waals surface area contributed by atoms with E-state index in [0.717, 1.165) is 25.2 Å². The van der Waals surface area contributed by atoms with Crippen LogP contribution in [-0.2, 0) is 4.79 Å². The van der Waals surface area contributed by atoms with Gasteiger partial charge in [0.2, 0.25) is 5.91 Å². The molecule has 104 valence electrons. The molecule has 0 bridgehead atoms. The van der Waals surface area contributed by atoms with Gasteiger partial charge in [0.05, 0.1) is 5.92 Å². The van der Waals surface area contributed by atoms with E-state index >= 15 is 0 Å². The lowest BCUT2D eigenvalue weighted by molar-refractivity contribution is -0.120. The van der Waals surface area contributed by atoms with Crippen LogP contribution in [-0.4, -0.2) is 19.0 Å². The lowest BCUT2D eigenvalue weighted by atomic mass is 9.91. The predicted molar refractivity (Wildman–Crippen MR) is 79.3 cm³/mol. The molecule has 0 aromatic heterocycles. The van der Waals surface area contributed by atoms with Gasteiger partial charge in [0.25, 0.3) is 0 Å². The molecule has 3 nitrogen and oxygen atoms in total. The van der Waals surface area contributed by atoms with Crippen LogP contribution in [0.2, 0.25) is 0 Å². The molecular formula is C16H24N2O. The molecule has 0 aliphatic carbocycles. The summed E-state index contributed by atoms with van der Waals surface area (Å²) in [5.41, 5.74) is 2.16. The van der Waals surface area contributed by atoms with Crippen LogP contribution >= 0.6 is 0 Å². The van der Waals surface area contributed by atoms with Crippen LogP contribution in [0.15, 0.2) is 24.3 Å². The average molecular weight is 260 g/mol. The Morgan fingerprint density at radius 1 is 1.32 bits per heavy atom. The zero-order chi connectivity index (χ0) is 13.8. The highest BCUT2D eigenvalue weighted by molar-refractivity contribution is 5.93. The minimum Gasteiger partial charge on any atom is -0.326 e. The van der Waals surface area contributed by atoms with Gasteiger partial charge in [-0.1, -0.05) is 39.0 Å². The number of amides is 1. The number of carbonyl (C=O) groups is 1. The molecule has 2 rings (SSSR count). The quantitative estimate of drug-likeness (QED) is 0.877. The third-order valence-corrected chi connectivity index (χ3v) is 3.78. The normalized spacial score (nSPS) is 23.4. The number of anilines is 1. The Morgan fingerprint density at radius 3 is 2.74 bits per heavy atom. The van der Waals surface area contributed by atoms with Crippen LogP contribution in [0.1, 0.15) is 38.7 Å². The number of rotatable bonds is 3. The summed E-state index contributed by atoms with van der Waals surface area (Å²) in [6.07, 6.45) is 0.975. The summed E-state index contributed by atoms with van der Waals surface area (Å²) in [6.45, 7) is 8.30. The highest BCUT2D eigenvalue weighted by Gasteiger charge is 2.25. The van der Waals surface area contributed by atoms with Crippen LogP contribution in [0, 0.1) is 11.8 Å². The molecule has 3 heteroatoms. The Kier molecular flexibility index (Phi) is 4.59. The average Bonchev–Trinajstić information content (AvgIpc) is 2.39. The minimum absolute atomic E-state index is 0.0870. The summed E-state index contributed by atoms with van der Waals surface area (Å²) < 4.78 is 0. The molecule has 1 aromatic carbocycles. The van der Waals surface area contributed by atoms with Crippen molar-refractivity contribution >= 4 is 11.6 Å². The van der Waals surface area contributed by atoms with Gasteiger partial charge in [-0.25, -0.2) is 0 Å². The van der Waals surface area contributed by atoms with Gasteiger partial charge in [-0.3, -0.25) is 4.79 Å². The molecule has 2 N–H and O–H groups in total. The number of piperidine rings is 1. The SMILES string of the molecule is CC1CNCC(C(=O)Nc2ccccc2C(C)C)C1. The van der Waals surface area contributed by atoms with E-state index < -0.39 is 0 Å². The number of para-hydroxylation sites is 1. The van der Waals surface area contributed by atoms with E-state index in [1.807, 2.05) is 18.2 Å². The lowest BCUT2D eigenvalue weighted by Crippen LogP contribution is -2.41. The largest absolute Gasteiger partial charge is 0.326 e. The molecule has 0 saturated carbocycles. The third-order valence-electron chi connectivity index (χ3n) is 3.78. The van der Waals surface area contributed by atoms with Gasteiger partial charge in [0.1, 0.15) is 0 Å². The molecule has 19 heavy (non-hydrogen) atoms. The summed E-state index contributed by atoms with van der Waals surface area (Å²) in [5, 5.41) is 6.43. The van der Waals surface area contributed by atoms with Crippen molar-refractivity contribution in [3.05, 3.63) is 29.8 Å². The Morgan fingerprint density at radius 2 is 2.05 bits per heavy atom. The summed E-state index contributed by atoms with van der Waals surface area (Å²) in [5.74, 6) is 1.22. The first-order valence-corrected chi connectivity index (χ1v) is 7.18. The Labute approximate surface area is 115 Å². The fourth-order valence-electron chi connectivity index (χ4n) is 2.71. The van der Waals surface area contributed by atoms with Crippen molar-refractivity contribution in [1.82, 2.24) is 5.32 Å². The van der Waals surface area contributed by atoms with Crippen molar-refractivity contribution in [1.29, 1.82) is 0 Å². The van der Waals surface area contributed by atoms with E-state index in [9.17, 15) is 4.79 Å². The highest BCUT2D eigenvalue weighted by Crippen LogP contribution is 2.25. The first kappa shape index (κ1) is 14.1. The van der Waals surface area contributed by atoms with Gasteiger partial charge < -0.3 is 10.6 Å². The van der Waals surface area contributed by atoms with E-state index in [-0.39, 0.29) is 11.8 Å². The zero-order valence-corrected chi connectivity index (χ0v) is 12.1. The van der Waals surface area contributed by atoms with Crippen molar-refractivity contribution in [2.24, 2.45) is 11.8 Å². The number of hydrogen-bond donors (Lipinski definition) is 2. The molecular weight excluding hydrogens is 236 g/mol. The molecule has 0 spiro atoms. The number of benzene rings is 1. The highest BCUT2D eigenvalue weighted by atomic mass is 16.1. The van der Waals surface area contributed by atoms with Crippen molar-refractivity contribution in [3.8, 4) is 0 Å². The first-order chi connectivity index (χ1) is 9.08. The second-order valence-corrected chi connectivity index (χ2v) is 5.93. The summed E-state index contributed by atoms with van der Waals surface area (Å²) in [4.78, 5) is 12.3. The van der Waals surface area contributed by atoms with Crippen LogP contribution in [0.5, 0.6) is 0 Å². The molecule has 0 radical (unpaired) electrons. The summed E-state index contributed by atoms with van der Waals surface area (Å²) in [6, 6.07) is 8.08. The van der Waals surface area contributed by atoms with Gasteiger partial charge in [0.15, 0.2) is 0 Å². The molecule has 2 atom stereocenters. The standard InChI is InChI=1S/C16H24N2O/c1-11(2)14-6-4-5-7-15(14)18-16(19)13-8-12(3)9-17-10-13/h4-7,11-13,17H,8-10H2,1-3H3,(H,18,19). The molecule has 2 unspecified atom stereocenters. The van der Waals surface area contributed by atoms with Crippen molar-refractivity contribution in [2.45, 2.75) is 33.1 Å². The molecule has 1 fully saturated rings. The lowest BCUT2D eigenvalue weighted by Gasteiger charge is -2.27. The third kappa shape index (κ3) is 3.57. The van der Waals surface area contributed by atoms with Crippen LogP contribution in [0.4, 0.5) is 5.69 Å². The number of hydrogen-bond acceptors (Lipinski definition) is 2. The van der Waals surface area contributed by atoms with Crippen molar-refractivity contribution in [3.63, 3.8) is 0 Å².